The molecule has 1 heterocycles. The van der Waals surface area contributed by atoms with Gasteiger partial charge >= 0.3 is 0 Å². The first-order valence-electron chi connectivity index (χ1n) is 3.78. The van der Waals surface area contributed by atoms with Crippen molar-refractivity contribution in [1.29, 1.82) is 0 Å². The van der Waals surface area contributed by atoms with Crippen molar-refractivity contribution < 1.29 is 9.53 Å². The smallest absolute Gasteiger partial charge is 0.174 e. The van der Waals surface area contributed by atoms with E-state index in [1.807, 2.05) is 6.07 Å². The molecule has 3 heteroatoms. The molecule has 0 aliphatic carbocycles. The van der Waals surface area contributed by atoms with Gasteiger partial charge in [0.1, 0.15) is 12.4 Å². The molecule has 2 N–H and O–H groups in total. The van der Waals surface area contributed by atoms with Crippen LogP contribution in [0.25, 0.3) is 0 Å². The van der Waals surface area contributed by atoms with Gasteiger partial charge in [-0.15, -0.1) is 0 Å². The molecule has 0 saturated heterocycles. The second-order valence-electron chi connectivity index (χ2n) is 2.87. The fourth-order valence-electron chi connectivity index (χ4n) is 1.27. The molecule has 2 rings (SSSR count). The van der Waals surface area contributed by atoms with Crippen molar-refractivity contribution in [2.24, 2.45) is 0 Å². The van der Waals surface area contributed by atoms with Crippen LogP contribution in [0.3, 0.4) is 0 Å². The maximum atomic E-state index is 11.0. The third kappa shape index (κ3) is 1.13. The van der Waals surface area contributed by atoms with Crippen LogP contribution in [0.5, 0.6) is 5.75 Å². The van der Waals surface area contributed by atoms with Gasteiger partial charge < -0.3 is 10.5 Å². The zero-order valence-corrected chi connectivity index (χ0v) is 6.54. The zero-order valence-electron chi connectivity index (χ0n) is 6.54. The Balaban J connectivity index is 2.43. The Morgan fingerprint density at radius 1 is 1.42 bits per heavy atom. The van der Waals surface area contributed by atoms with Gasteiger partial charge in [0.2, 0.25) is 0 Å². The Kier molecular flexibility index (Phi) is 1.50. The number of benzene rings is 1. The topological polar surface area (TPSA) is 52.3 Å². The lowest BCUT2D eigenvalue weighted by Crippen LogP contribution is -2.20. The Hall–Kier alpha value is -1.51. The van der Waals surface area contributed by atoms with E-state index in [0.717, 1.165) is 11.3 Å². The van der Waals surface area contributed by atoms with Crippen molar-refractivity contribution in [3.05, 3.63) is 23.8 Å². The number of anilines is 1. The highest BCUT2D eigenvalue weighted by atomic mass is 16.5. The minimum Gasteiger partial charge on any atom is -0.485 e. The molecule has 0 spiro atoms. The summed E-state index contributed by atoms with van der Waals surface area (Å²) in [6, 6.07) is 5.37. The van der Waals surface area contributed by atoms with Crippen LogP contribution in [0.15, 0.2) is 18.2 Å². The summed E-state index contributed by atoms with van der Waals surface area (Å²) in [5.74, 6) is 0.863. The van der Waals surface area contributed by atoms with Gasteiger partial charge in [-0.2, -0.15) is 0 Å². The third-order valence-electron chi connectivity index (χ3n) is 1.87. The second-order valence-corrected chi connectivity index (χ2v) is 2.87. The van der Waals surface area contributed by atoms with Gasteiger partial charge in [0, 0.05) is 23.7 Å². The van der Waals surface area contributed by atoms with Gasteiger partial charge in [-0.3, -0.25) is 4.79 Å². The Bertz CT molecular complexity index is 333. The number of nitrogen functional groups attached to an aromatic ring is 1. The van der Waals surface area contributed by atoms with Gasteiger partial charge in [0.05, 0.1) is 0 Å². The highest BCUT2D eigenvalue weighted by Crippen LogP contribution is 2.25. The molecule has 0 bridgehead atoms. The predicted molar refractivity (Wildman–Crippen MR) is 45.1 cm³/mol. The number of carbonyl (C=O) groups is 1. The predicted octanol–water partition coefficient (Wildman–Crippen LogP) is 0.773. The van der Waals surface area contributed by atoms with Gasteiger partial charge in [-0.25, -0.2) is 0 Å². The molecule has 0 radical (unpaired) electrons. The van der Waals surface area contributed by atoms with E-state index in [2.05, 4.69) is 0 Å². The van der Waals surface area contributed by atoms with Crippen molar-refractivity contribution in [3.8, 4) is 5.75 Å². The summed E-state index contributed by atoms with van der Waals surface area (Å²) in [6.45, 7) is 0.177. The monoisotopic (exact) mass is 163 g/mol. The molecular weight excluding hydrogens is 154 g/mol. The number of ketones is 1. The summed E-state index contributed by atoms with van der Waals surface area (Å²) in [4.78, 5) is 11.0. The van der Waals surface area contributed by atoms with Crippen LogP contribution in [0.2, 0.25) is 0 Å². The second kappa shape index (κ2) is 2.52. The lowest BCUT2D eigenvalue weighted by atomic mass is 10.1. The Morgan fingerprint density at radius 2 is 2.25 bits per heavy atom. The van der Waals surface area contributed by atoms with Crippen LogP contribution in [0.1, 0.15) is 5.56 Å². The lowest BCUT2D eigenvalue weighted by molar-refractivity contribution is -0.121. The summed E-state index contributed by atoms with van der Waals surface area (Å²) in [7, 11) is 0. The first-order valence-corrected chi connectivity index (χ1v) is 3.78. The molecule has 0 unspecified atom stereocenters. The fraction of sp³-hybridized carbons (Fsp3) is 0.222. The summed E-state index contributed by atoms with van der Waals surface area (Å²) in [5.41, 5.74) is 7.15. The molecular formula is C9H9NO2. The van der Waals surface area contributed by atoms with E-state index in [0.29, 0.717) is 12.1 Å². The maximum absolute atomic E-state index is 11.0. The fourth-order valence-corrected chi connectivity index (χ4v) is 1.27. The normalized spacial score (nSPS) is 15.2. The molecule has 1 aliphatic heterocycles. The van der Waals surface area contributed by atoms with Crippen molar-refractivity contribution in [3.63, 3.8) is 0 Å². The first kappa shape index (κ1) is 7.16. The molecule has 0 saturated carbocycles. The summed E-state index contributed by atoms with van der Waals surface area (Å²) < 4.78 is 5.19. The maximum Gasteiger partial charge on any atom is 0.174 e. The molecule has 1 aliphatic rings. The molecule has 1 aromatic carbocycles. The molecule has 0 fully saturated rings. The number of fused-ring (bicyclic) bond motifs is 1. The zero-order chi connectivity index (χ0) is 8.55. The van der Waals surface area contributed by atoms with Gasteiger partial charge in [-0.05, 0) is 6.07 Å². The molecule has 12 heavy (non-hydrogen) atoms. The van der Waals surface area contributed by atoms with E-state index in [4.69, 9.17) is 10.5 Å². The Labute approximate surface area is 70.1 Å². The first-order chi connectivity index (χ1) is 5.75. The number of nitrogens with two attached hydrogens (primary N) is 1. The molecule has 1 aromatic rings. The average molecular weight is 163 g/mol. The van der Waals surface area contributed by atoms with Gasteiger partial charge in [0.25, 0.3) is 0 Å². The summed E-state index contributed by atoms with van der Waals surface area (Å²) >= 11 is 0. The Morgan fingerprint density at radius 3 is 3.08 bits per heavy atom. The van der Waals surface area contributed by atoms with Crippen molar-refractivity contribution >= 4 is 11.5 Å². The van der Waals surface area contributed by atoms with Crippen molar-refractivity contribution in [2.75, 3.05) is 12.3 Å². The van der Waals surface area contributed by atoms with Gasteiger partial charge in [-0.1, -0.05) is 6.07 Å². The van der Waals surface area contributed by atoms with E-state index in [-0.39, 0.29) is 12.4 Å². The average Bonchev–Trinajstić information content (AvgIpc) is 2.05. The number of hydrogen-bond donors (Lipinski definition) is 1. The van der Waals surface area contributed by atoms with Crippen LogP contribution in [-0.4, -0.2) is 12.4 Å². The minimum absolute atomic E-state index is 0.118. The molecule has 0 amide bonds. The van der Waals surface area contributed by atoms with Crippen LogP contribution in [0.4, 0.5) is 5.69 Å². The van der Waals surface area contributed by atoms with Crippen molar-refractivity contribution in [2.45, 2.75) is 6.42 Å². The van der Waals surface area contributed by atoms with E-state index >= 15 is 0 Å². The minimum atomic E-state index is 0.118. The van der Waals surface area contributed by atoms with Gasteiger partial charge in [0.15, 0.2) is 5.78 Å². The SMILES string of the molecule is Nc1ccc2c(c1)OCC(=O)C2. The van der Waals surface area contributed by atoms with E-state index in [1.165, 1.54) is 0 Å². The lowest BCUT2D eigenvalue weighted by Gasteiger charge is -2.16. The number of ether oxygens (including phenoxy) is 1. The summed E-state index contributed by atoms with van der Waals surface area (Å²) in [5, 5.41) is 0. The van der Waals surface area contributed by atoms with E-state index in [9.17, 15) is 4.79 Å². The highest BCUT2D eigenvalue weighted by Gasteiger charge is 2.15. The van der Waals surface area contributed by atoms with Crippen LogP contribution in [0, 0.1) is 0 Å². The molecule has 0 aromatic heterocycles. The number of carbonyl (C=O) groups excluding carboxylic acids is 1. The number of rotatable bonds is 0. The van der Waals surface area contributed by atoms with E-state index < -0.39 is 0 Å². The third-order valence-corrected chi connectivity index (χ3v) is 1.87. The quantitative estimate of drug-likeness (QED) is 0.575. The van der Waals surface area contributed by atoms with Crippen molar-refractivity contribution in [1.82, 2.24) is 0 Å². The van der Waals surface area contributed by atoms with Crippen LogP contribution >= 0.6 is 0 Å². The molecule has 62 valence electrons. The molecule has 0 atom stereocenters. The number of hydrogen-bond acceptors (Lipinski definition) is 3. The highest BCUT2D eigenvalue weighted by molar-refractivity contribution is 5.84. The standard InChI is InChI=1S/C9H9NO2/c10-7-2-1-6-3-8(11)5-12-9(6)4-7/h1-2,4H,3,5,10H2. The largest absolute Gasteiger partial charge is 0.485 e. The van der Waals surface area contributed by atoms with Crippen LogP contribution < -0.4 is 10.5 Å². The van der Waals surface area contributed by atoms with Crippen LogP contribution in [-0.2, 0) is 11.2 Å². The molecule has 3 nitrogen and oxygen atoms in total. The number of Topliss-reactive ketones (excluding diaryl/α,β-unsaturated/α-hetero) is 1. The summed E-state index contributed by atoms with van der Waals surface area (Å²) in [6.07, 6.45) is 0.468. The van der Waals surface area contributed by atoms with E-state index in [1.54, 1.807) is 12.1 Å².